The number of amides is 1. The Bertz CT molecular complexity index is 637. The highest BCUT2D eigenvalue weighted by atomic mass is 28.4. The molecule has 0 radical (unpaired) electrons. The Morgan fingerprint density at radius 3 is 2.00 bits per heavy atom. The molecule has 1 aromatic carbocycles. The molecule has 2 unspecified atom stereocenters. The average Bonchev–Trinajstić information content (AvgIpc) is 2.65. The van der Waals surface area contributed by atoms with Crippen molar-refractivity contribution in [2.24, 2.45) is 5.92 Å². The Morgan fingerprint density at radius 1 is 1.00 bits per heavy atom. The van der Waals surface area contributed by atoms with Gasteiger partial charge in [0.2, 0.25) is 8.32 Å². The Balaban J connectivity index is 2.33. The number of rotatable bonds is 10. The van der Waals surface area contributed by atoms with Gasteiger partial charge in [-0.3, -0.25) is 4.79 Å². The van der Waals surface area contributed by atoms with Crippen molar-refractivity contribution in [3.8, 4) is 0 Å². The molecule has 0 spiro atoms. The summed E-state index contributed by atoms with van der Waals surface area (Å²) in [5.74, 6) is 0.0328. The Kier molecular flexibility index (Phi) is 7.63. The van der Waals surface area contributed by atoms with E-state index >= 15 is 0 Å². The summed E-state index contributed by atoms with van der Waals surface area (Å²) < 4.78 is 6.88. The lowest BCUT2D eigenvalue weighted by molar-refractivity contribution is -0.166. The van der Waals surface area contributed by atoms with Gasteiger partial charge in [-0.15, -0.1) is 0 Å². The molecular weight excluding hydrogens is 366 g/mol. The van der Waals surface area contributed by atoms with Crippen molar-refractivity contribution in [2.75, 3.05) is 6.54 Å². The summed E-state index contributed by atoms with van der Waals surface area (Å²) in [6, 6.07) is 10.1. The number of likely N-dealkylation sites (tertiary alicyclic amines) is 1. The topological polar surface area (TPSA) is 46.6 Å². The van der Waals surface area contributed by atoms with Crippen LogP contribution in [0.4, 0.5) is 0 Å². The number of aldehydes is 1. The Hall–Kier alpha value is -1.46. The predicted octanol–water partition coefficient (Wildman–Crippen LogP) is 5.36. The predicted molar refractivity (Wildman–Crippen MR) is 117 cm³/mol. The Labute approximate surface area is 171 Å². The van der Waals surface area contributed by atoms with Crippen LogP contribution in [-0.4, -0.2) is 38.1 Å². The molecule has 1 amide bonds. The van der Waals surface area contributed by atoms with Crippen LogP contribution in [0.25, 0.3) is 0 Å². The first-order valence-corrected chi connectivity index (χ1v) is 12.8. The van der Waals surface area contributed by atoms with E-state index < -0.39 is 14.4 Å². The van der Waals surface area contributed by atoms with Crippen LogP contribution < -0.4 is 0 Å². The highest BCUT2D eigenvalue weighted by Gasteiger charge is 2.55. The lowest BCUT2D eigenvalue weighted by Gasteiger charge is -2.53. The second kappa shape index (κ2) is 9.36. The van der Waals surface area contributed by atoms with Crippen LogP contribution in [0.3, 0.4) is 0 Å². The van der Waals surface area contributed by atoms with Gasteiger partial charge >= 0.3 is 0 Å². The maximum absolute atomic E-state index is 13.1. The molecule has 28 heavy (non-hydrogen) atoms. The quantitative estimate of drug-likeness (QED) is 0.300. The SMILES string of the molecule is CC(C)[Si](OC1C(=O)N(CC[C@@H](C)C=O)C1c1ccccc1)(C(C)C)C(C)C. The van der Waals surface area contributed by atoms with Crippen molar-refractivity contribution >= 4 is 20.5 Å². The van der Waals surface area contributed by atoms with Gasteiger partial charge in [0.15, 0.2) is 0 Å². The van der Waals surface area contributed by atoms with Crippen molar-refractivity contribution in [2.45, 2.75) is 83.7 Å². The zero-order valence-electron chi connectivity index (χ0n) is 18.5. The third-order valence-electron chi connectivity index (χ3n) is 6.39. The molecule has 2 rings (SSSR count). The molecule has 1 aliphatic heterocycles. The minimum Gasteiger partial charge on any atom is -0.402 e. The smallest absolute Gasteiger partial charge is 0.253 e. The molecule has 0 N–H and O–H groups in total. The molecule has 1 aliphatic rings. The number of hydrogen-bond donors (Lipinski definition) is 0. The first-order chi connectivity index (χ1) is 13.2. The lowest BCUT2D eigenvalue weighted by atomic mass is 9.90. The van der Waals surface area contributed by atoms with Crippen molar-refractivity contribution in [1.29, 1.82) is 0 Å². The standard InChI is InChI=1S/C23H37NO3Si/c1-16(2)28(17(3)4,18(5)6)27-22-21(20-11-9-8-10-12-20)24(23(22)26)14-13-19(7)15-25/h8-12,15-19,21-22H,13-14H2,1-7H3/t19-,21?,22?/m1/s1. The zero-order valence-corrected chi connectivity index (χ0v) is 19.5. The second-order valence-corrected chi connectivity index (χ2v) is 14.6. The summed E-state index contributed by atoms with van der Waals surface area (Å²) in [6.07, 6.45) is 1.24. The zero-order chi connectivity index (χ0) is 21.1. The van der Waals surface area contributed by atoms with E-state index in [0.29, 0.717) is 29.6 Å². The second-order valence-electron chi connectivity index (χ2n) is 9.15. The first kappa shape index (κ1) is 22.8. The van der Waals surface area contributed by atoms with E-state index in [2.05, 4.69) is 53.7 Å². The molecule has 3 atom stereocenters. The first-order valence-electron chi connectivity index (χ1n) is 10.6. The van der Waals surface area contributed by atoms with Crippen LogP contribution in [0.15, 0.2) is 30.3 Å². The molecular formula is C23H37NO3Si. The van der Waals surface area contributed by atoms with Gasteiger partial charge in [-0.1, -0.05) is 78.8 Å². The molecule has 4 nitrogen and oxygen atoms in total. The molecule has 0 saturated carbocycles. The van der Waals surface area contributed by atoms with Gasteiger partial charge in [0.25, 0.3) is 5.91 Å². The number of benzene rings is 1. The number of β-lactam (4-membered cyclic amide) rings is 1. The van der Waals surface area contributed by atoms with E-state index in [0.717, 1.165) is 11.8 Å². The molecule has 0 aliphatic carbocycles. The van der Waals surface area contributed by atoms with Crippen LogP contribution in [0.1, 0.15) is 66.5 Å². The van der Waals surface area contributed by atoms with E-state index in [-0.39, 0.29) is 17.9 Å². The third kappa shape index (κ3) is 4.25. The number of carbonyl (C=O) groups is 2. The van der Waals surface area contributed by atoms with E-state index in [1.807, 2.05) is 30.0 Å². The molecule has 1 aromatic rings. The fraction of sp³-hybridized carbons (Fsp3) is 0.652. The summed E-state index contributed by atoms with van der Waals surface area (Å²) in [4.78, 5) is 26.0. The van der Waals surface area contributed by atoms with E-state index in [4.69, 9.17) is 4.43 Å². The molecule has 5 heteroatoms. The summed E-state index contributed by atoms with van der Waals surface area (Å²) in [5.41, 5.74) is 2.41. The summed E-state index contributed by atoms with van der Waals surface area (Å²) in [6.45, 7) is 16.0. The molecule has 0 aromatic heterocycles. The van der Waals surface area contributed by atoms with Gasteiger partial charge in [-0.25, -0.2) is 0 Å². The van der Waals surface area contributed by atoms with E-state index in [1.165, 1.54) is 0 Å². The van der Waals surface area contributed by atoms with Crippen LogP contribution in [0.5, 0.6) is 0 Å². The molecule has 1 saturated heterocycles. The van der Waals surface area contributed by atoms with Gasteiger partial charge in [0, 0.05) is 12.5 Å². The Morgan fingerprint density at radius 2 is 1.54 bits per heavy atom. The van der Waals surface area contributed by atoms with Crippen LogP contribution in [0.2, 0.25) is 16.6 Å². The minimum absolute atomic E-state index is 0.0420. The maximum atomic E-state index is 13.1. The molecule has 156 valence electrons. The third-order valence-corrected chi connectivity index (χ3v) is 12.5. The van der Waals surface area contributed by atoms with Crippen LogP contribution in [0, 0.1) is 5.92 Å². The molecule has 1 fully saturated rings. The van der Waals surface area contributed by atoms with E-state index in [9.17, 15) is 9.59 Å². The molecule has 0 bridgehead atoms. The number of carbonyl (C=O) groups excluding carboxylic acids is 2. The fourth-order valence-corrected chi connectivity index (χ4v) is 10.4. The minimum atomic E-state index is -2.16. The van der Waals surface area contributed by atoms with Gasteiger partial charge in [-0.05, 0) is 28.6 Å². The van der Waals surface area contributed by atoms with Gasteiger partial charge < -0.3 is 14.1 Å². The van der Waals surface area contributed by atoms with Gasteiger partial charge in [-0.2, -0.15) is 0 Å². The normalized spacial score (nSPS) is 21.4. The highest BCUT2D eigenvalue weighted by molar-refractivity contribution is 6.77. The average molecular weight is 404 g/mol. The van der Waals surface area contributed by atoms with Gasteiger partial charge in [0.05, 0.1) is 6.04 Å². The summed E-state index contributed by atoms with van der Waals surface area (Å²) in [7, 11) is -2.16. The van der Waals surface area contributed by atoms with Crippen molar-refractivity contribution < 1.29 is 14.0 Å². The van der Waals surface area contributed by atoms with E-state index in [1.54, 1.807) is 0 Å². The van der Waals surface area contributed by atoms with Crippen LogP contribution >= 0.6 is 0 Å². The highest BCUT2D eigenvalue weighted by Crippen LogP contribution is 2.47. The summed E-state index contributed by atoms with van der Waals surface area (Å²) in [5, 5.41) is 0. The number of nitrogens with zero attached hydrogens (tertiary/aromatic N) is 1. The monoisotopic (exact) mass is 403 g/mol. The molecule has 1 heterocycles. The maximum Gasteiger partial charge on any atom is 0.253 e. The fourth-order valence-electron chi connectivity index (χ4n) is 4.92. The van der Waals surface area contributed by atoms with Crippen molar-refractivity contribution in [3.63, 3.8) is 0 Å². The number of hydrogen-bond acceptors (Lipinski definition) is 3. The largest absolute Gasteiger partial charge is 0.402 e. The van der Waals surface area contributed by atoms with Crippen molar-refractivity contribution in [1.82, 2.24) is 4.90 Å². The summed E-state index contributed by atoms with van der Waals surface area (Å²) >= 11 is 0. The van der Waals surface area contributed by atoms with Gasteiger partial charge in [0.1, 0.15) is 12.4 Å². The lowest BCUT2D eigenvalue weighted by Crippen LogP contribution is -2.65. The van der Waals surface area contributed by atoms with Crippen molar-refractivity contribution in [3.05, 3.63) is 35.9 Å². The van der Waals surface area contributed by atoms with Crippen LogP contribution in [-0.2, 0) is 14.0 Å².